The average Bonchev–Trinajstić information content (AvgIpc) is 2.64. The molecule has 0 aliphatic heterocycles. The summed E-state index contributed by atoms with van der Waals surface area (Å²) >= 11 is 0. The Balaban J connectivity index is 2.57. The van der Waals surface area contributed by atoms with Crippen LogP contribution in [0.5, 0.6) is 28.7 Å². The quantitative estimate of drug-likeness (QED) is 0.712. The van der Waals surface area contributed by atoms with Crippen molar-refractivity contribution in [1.82, 2.24) is 0 Å². The van der Waals surface area contributed by atoms with E-state index >= 15 is 0 Å². The molecular formula is C17H20N2O5. The molecule has 0 aliphatic rings. The summed E-state index contributed by atoms with van der Waals surface area (Å²) in [7, 11) is 7.74. The molecule has 0 N–H and O–H groups in total. The third-order valence-electron chi connectivity index (χ3n) is 3.35. The van der Waals surface area contributed by atoms with E-state index in [1.165, 1.54) is 7.11 Å². The van der Waals surface area contributed by atoms with E-state index in [0.717, 1.165) is 0 Å². The Bertz CT molecular complexity index is 709. The Morgan fingerprint density at radius 2 is 1.00 bits per heavy atom. The van der Waals surface area contributed by atoms with Crippen LogP contribution in [0.4, 0.5) is 11.4 Å². The van der Waals surface area contributed by atoms with Gasteiger partial charge in [-0.05, 0) is 24.3 Å². The maximum atomic E-state index is 5.39. The number of benzene rings is 2. The lowest BCUT2D eigenvalue weighted by Crippen LogP contribution is -1.93. The molecule has 0 saturated heterocycles. The molecule has 7 nitrogen and oxygen atoms in total. The molecule has 0 fully saturated rings. The molecule has 24 heavy (non-hydrogen) atoms. The zero-order chi connectivity index (χ0) is 17.5. The van der Waals surface area contributed by atoms with Crippen LogP contribution in [0.25, 0.3) is 0 Å². The summed E-state index contributed by atoms with van der Waals surface area (Å²) in [6, 6.07) is 8.83. The lowest BCUT2D eigenvalue weighted by molar-refractivity contribution is 0.350. The van der Waals surface area contributed by atoms with Crippen LogP contribution in [-0.4, -0.2) is 35.5 Å². The maximum absolute atomic E-state index is 5.39. The van der Waals surface area contributed by atoms with E-state index in [0.29, 0.717) is 40.1 Å². The molecule has 0 aromatic heterocycles. The van der Waals surface area contributed by atoms with Crippen molar-refractivity contribution in [2.45, 2.75) is 0 Å². The Labute approximate surface area is 140 Å². The minimum Gasteiger partial charge on any atom is -0.494 e. The molecule has 0 saturated carbocycles. The molecule has 7 heteroatoms. The molecule has 0 bridgehead atoms. The van der Waals surface area contributed by atoms with Crippen LogP contribution in [-0.2, 0) is 0 Å². The normalized spacial score (nSPS) is 10.5. The van der Waals surface area contributed by atoms with E-state index in [2.05, 4.69) is 10.2 Å². The van der Waals surface area contributed by atoms with Crippen LogP contribution < -0.4 is 23.7 Å². The minimum absolute atomic E-state index is 0.410. The Morgan fingerprint density at radius 3 is 1.50 bits per heavy atom. The predicted octanol–water partition coefficient (Wildman–Crippen LogP) is 4.15. The lowest BCUT2D eigenvalue weighted by atomic mass is 10.2. The van der Waals surface area contributed by atoms with E-state index in [9.17, 15) is 0 Å². The van der Waals surface area contributed by atoms with Gasteiger partial charge in [0.15, 0.2) is 28.6 Å². The molecular weight excluding hydrogens is 312 g/mol. The molecule has 2 aromatic carbocycles. The summed E-state index contributed by atoms with van der Waals surface area (Å²) in [4.78, 5) is 0. The summed E-state index contributed by atoms with van der Waals surface area (Å²) in [6.07, 6.45) is 0. The van der Waals surface area contributed by atoms with E-state index in [4.69, 9.17) is 23.7 Å². The largest absolute Gasteiger partial charge is 0.494 e. The summed E-state index contributed by atoms with van der Waals surface area (Å²) in [5.74, 6) is 2.54. The first-order valence-corrected chi connectivity index (χ1v) is 7.11. The standard InChI is InChI=1S/C17H20N2O5/c1-20-11-7-6-8-12(21-2)15(11)18-19-16-13(22-3)9-10-14(23-4)17(16)24-5/h6-10H,1-5H3. The zero-order valence-electron chi connectivity index (χ0n) is 14.3. The van der Waals surface area contributed by atoms with Gasteiger partial charge in [0.05, 0.1) is 35.5 Å². The van der Waals surface area contributed by atoms with Crippen molar-refractivity contribution >= 4 is 11.4 Å². The number of hydrogen-bond acceptors (Lipinski definition) is 7. The van der Waals surface area contributed by atoms with Gasteiger partial charge in [-0.2, -0.15) is 0 Å². The summed E-state index contributed by atoms with van der Waals surface area (Å²) in [5, 5.41) is 8.55. The van der Waals surface area contributed by atoms with Gasteiger partial charge in [-0.15, -0.1) is 10.2 Å². The third-order valence-corrected chi connectivity index (χ3v) is 3.35. The number of azo groups is 1. The van der Waals surface area contributed by atoms with Gasteiger partial charge in [-0.1, -0.05) is 6.07 Å². The number of nitrogens with zero attached hydrogens (tertiary/aromatic N) is 2. The van der Waals surface area contributed by atoms with Crippen molar-refractivity contribution in [2.24, 2.45) is 10.2 Å². The highest BCUT2D eigenvalue weighted by Gasteiger charge is 2.16. The van der Waals surface area contributed by atoms with Gasteiger partial charge in [-0.3, -0.25) is 0 Å². The van der Waals surface area contributed by atoms with E-state index in [1.807, 2.05) is 6.07 Å². The number of hydrogen-bond donors (Lipinski definition) is 0. The van der Waals surface area contributed by atoms with Gasteiger partial charge in [-0.25, -0.2) is 0 Å². The monoisotopic (exact) mass is 332 g/mol. The molecule has 0 aliphatic carbocycles. The second-order valence-electron chi connectivity index (χ2n) is 4.56. The van der Waals surface area contributed by atoms with Crippen LogP contribution in [0.1, 0.15) is 0 Å². The van der Waals surface area contributed by atoms with Crippen molar-refractivity contribution in [3.05, 3.63) is 30.3 Å². The molecule has 0 amide bonds. The van der Waals surface area contributed by atoms with Crippen LogP contribution in [0.2, 0.25) is 0 Å². The van der Waals surface area contributed by atoms with Gasteiger partial charge in [0.2, 0.25) is 0 Å². The minimum atomic E-state index is 0.410. The van der Waals surface area contributed by atoms with Gasteiger partial charge in [0.1, 0.15) is 11.5 Å². The number of methoxy groups -OCH3 is 5. The smallest absolute Gasteiger partial charge is 0.192 e. The second-order valence-corrected chi connectivity index (χ2v) is 4.56. The molecule has 0 spiro atoms. The predicted molar refractivity (Wildman–Crippen MR) is 89.8 cm³/mol. The van der Waals surface area contributed by atoms with E-state index in [1.54, 1.807) is 52.7 Å². The first kappa shape index (κ1) is 17.4. The molecule has 128 valence electrons. The molecule has 2 rings (SSSR count). The fourth-order valence-electron chi connectivity index (χ4n) is 2.18. The van der Waals surface area contributed by atoms with Crippen LogP contribution in [0, 0.1) is 0 Å². The van der Waals surface area contributed by atoms with Crippen molar-refractivity contribution in [2.75, 3.05) is 35.5 Å². The third kappa shape index (κ3) is 3.34. The van der Waals surface area contributed by atoms with Gasteiger partial charge in [0, 0.05) is 0 Å². The molecule has 2 aromatic rings. The average molecular weight is 332 g/mol. The lowest BCUT2D eigenvalue weighted by Gasteiger charge is -2.13. The van der Waals surface area contributed by atoms with Gasteiger partial charge in [0.25, 0.3) is 0 Å². The van der Waals surface area contributed by atoms with Crippen molar-refractivity contribution in [1.29, 1.82) is 0 Å². The fourth-order valence-corrected chi connectivity index (χ4v) is 2.18. The van der Waals surface area contributed by atoms with E-state index < -0.39 is 0 Å². The molecule has 0 unspecified atom stereocenters. The summed E-state index contributed by atoms with van der Waals surface area (Å²) in [6.45, 7) is 0. The highest BCUT2D eigenvalue weighted by atomic mass is 16.5. The van der Waals surface area contributed by atoms with Gasteiger partial charge < -0.3 is 23.7 Å². The molecule has 0 atom stereocenters. The summed E-state index contributed by atoms with van der Waals surface area (Å²) < 4.78 is 26.6. The topological polar surface area (TPSA) is 70.9 Å². The highest BCUT2D eigenvalue weighted by Crippen LogP contribution is 2.46. The van der Waals surface area contributed by atoms with E-state index in [-0.39, 0.29) is 0 Å². The number of ether oxygens (including phenoxy) is 5. The molecule has 0 radical (unpaired) electrons. The Hall–Kier alpha value is -2.96. The van der Waals surface area contributed by atoms with Crippen molar-refractivity contribution in [3.8, 4) is 28.7 Å². The first-order chi connectivity index (χ1) is 11.7. The second kappa shape index (κ2) is 8.05. The Kier molecular flexibility index (Phi) is 5.83. The maximum Gasteiger partial charge on any atom is 0.192 e. The first-order valence-electron chi connectivity index (χ1n) is 7.11. The zero-order valence-corrected chi connectivity index (χ0v) is 14.3. The summed E-state index contributed by atoms with van der Waals surface area (Å²) in [5.41, 5.74) is 0.877. The number of rotatable bonds is 7. The fraction of sp³-hybridized carbons (Fsp3) is 0.294. The van der Waals surface area contributed by atoms with Gasteiger partial charge >= 0.3 is 0 Å². The van der Waals surface area contributed by atoms with Crippen molar-refractivity contribution < 1.29 is 23.7 Å². The van der Waals surface area contributed by atoms with Crippen LogP contribution >= 0.6 is 0 Å². The van der Waals surface area contributed by atoms with Crippen LogP contribution in [0.3, 0.4) is 0 Å². The SMILES string of the molecule is COc1cccc(OC)c1N=Nc1c(OC)ccc(OC)c1OC. The van der Waals surface area contributed by atoms with Crippen molar-refractivity contribution in [3.63, 3.8) is 0 Å². The molecule has 0 heterocycles. The Morgan fingerprint density at radius 1 is 0.542 bits per heavy atom. The highest BCUT2D eigenvalue weighted by molar-refractivity contribution is 5.68. The van der Waals surface area contributed by atoms with Crippen LogP contribution in [0.15, 0.2) is 40.6 Å².